The minimum absolute atomic E-state index is 0.0428. The van der Waals surface area contributed by atoms with Gasteiger partial charge in [0.25, 0.3) is 0 Å². The van der Waals surface area contributed by atoms with E-state index in [4.69, 9.17) is 4.74 Å². The van der Waals surface area contributed by atoms with E-state index in [0.717, 1.165) is 19.3 Å². The van der Waals surface area contributed by atoms with Crippen LogP contribution in [0.25, 0.3) is 0 Å². The minimum atomic E-state index is 0.0428. The van der Waals surface area contributed by atoms with E-state index in [2.05, 4.69) is 0 Å². The Balaban J connectivity index is 2.22. The Morgan fingerprint density at radius 1 is 1.50 bits per heavy atom. The first kappa shape index (κ1) is 4.36. The van der Waals surface area contributed by atoms with E-state index < -0.39 is 0 Å². The van der Waals surface area contributed by atoms with Crippen molar-refractivity contribution in [2.24, 2.45) is 5.92 Å². The van der Waals surface area contributed by atoms with Gasteiger partial charge >= 0.3 is 5.97 Å². The van der Waals surface area contributed by atoms with E-state index >= 15 is 0 Å². The van der Waals surface area contributed by atoms with E-state index in [1.165, 1.54) is 0 Å². The Kier molecular flexibility index (Phi) is 0.678. The first-order valence-corrected chi connectivity index (χ1v) is 3.07. The van der Waals surface area contributed by atoms with Crippen molar-refractivity contribution in [3.05, 3.63) is 0 Å². The van der Waals surface area contributed by atoms with Crippen molar-refractivity contribution in [1.82, 2.24) is 0 Å². The number of hydrogen-bond donors (Lipinski definition) is 0. The van der Waals surface area contributed by atoms with Crippen LogP contribution in [-0.4, -0.2) is 12.1 Å². The largest absolute Gasteiger partial charge is 0.462 e. The number of hydrogen-bond acceptors (Lipinski definition) is 2. The lowest BCUT2D eigenvalue weighted by Crippen LogP contribution is -2.13. The molecule has 1 heterocycles. The molecule has 1 saturated carbocycles. The van der Waals surface area contributed by atoms with Gasteiger partial charge in [0.15, 0.2) is 0 Å². The third-order valence-corrected chi connectivity index (χ3v) is 2.00. The molecule has 0 radical (unpaired) electrons. The maximum atomic E-state index is 10.6. The van der Waals surface area contributed by atoms with Crippen LogP contribution >= 0.6 is 0 Å². The lowest BCUT2D eigenvalue weighted by molar-refractivity contribution is -0.147. The molecule has 2 rings (SSSR count). The number of esters is 1. The molecular formula is C6H8O2. The molecule has 2 fully saturated rings. The molecule has 44 valence electrons. The van der Waals surface area contributed by atoms with Crippen LogP contribution in [-0.2, 0) is 9.53 Å². The summed E-state index contributed by atoms with van der Waals surface area (Å²) in [4.78, 5) is 10.6. The van der Waals surface area contributed by atoms with Crippen LogP contribution in [0.15, 0.2) is 0 Å². The average Bonchev–Trinajstić information content (AvgIpc) is 2.23. The summed E-state index contributed by atoms with van der Waals surface area (Å²) in [6.07, 6.45) is 3.48. The third kappa shape index (κ3) is 0.403. The highest BCUT2D eigenvalue weighted by molar-refractivity contribution is 5.75. The predicted octanol–water partition coefficient (Wildman–Crippen LogP) is 0.712. The first-order chi connectivity index (χ1) is 3.86. The second-order valence-corrected chi connectivity index (χ2v) is 2.57. The molecule has 0 amide bonds. The summed E-state index contributed by atoms with van der Waals surface area (Å²) in [7, 11) is 0. The van der Waals surface area contributed by atoms with Gasteiger partial charge in [-0.15, -0.1) is 0 Å². The fourth-order valence-corrected chi connectivity index (χ4v) is 1.52. The van der Waals surface area contributed by atoms with Gasteiger partial charge < -0.3 is 4.74 Å². The summed E-state index contributed by atoms with van der Waals surface area (Å²) in [6, 6.07) is 0. The van der Waals surface area contributed by atoms with Gasteiger partial charge in [-0.25, -0.2) is 0 Å². The van der Waals surface area contributed by atoms with Gasteiger partial charge in [0.05, 0.1) is 5.92 Å². The molecule has 0 aromatic rings. The van der Waals surface area contributed by atoms with Gasteiger partial charge in [-0.1, -0.05) is 0 Å². The van der Waals surface area contributed by atoms with E-state index in [1.54, 1.807) is 0 Å². The fraction of sp³-hybridized carbons (Fsp3) is 0.833. The van der Waals surface area contributed by atoms with Gasteiger partial charge in [-0.3, -0.25) is 4.79 Å². The third-order valence-electron chi connectivity index (χ3n) is 2.00. The van der Waals surface area contributed by atoms with E-state index in [0.29, 0.717) is 6.10 Å². The fourth-order valence-electron chi connectivity index (χ4n) is 1.52. The number of rotatable bonds is 0. The molecule has 1 aliphatic carbocycles. The van der Waals surface area contributed by atoms with Crippen molar-refractivity contribution in [1.29, 1.82) is 0 Å². The van der Waals surface area contributed by atoms with Gasteiger partial charge in [-0.2, -0.15) is 0 Å². The normalized spacial score (nSPS) is 42.8. The van der Waals surface area contributed by atoms with Crippen LogP contribution in [0.1, 0.15) is 19.3 Å². The number of fused-ring (bicyclic) bond motifs is 2. The van der Waals surface area contributed by atoms with Crippen molar-refractivity contribution in [2.75, 3.05) is 0 Å². The Morgan fingerprint density at radius 3 is 2.62 bits per heavy atom. The van der Waals surface area contributed by atoms with Crippen molar-refractivity contribution >= 4 is 5.97 Å². The van der Waals surface area contributed by atoms with Crippen molar-refractivity contribution in [3.63, 3.8) is 0 Å². The highest BCUT2D eigenvalue weighted by Crippen LogP contribution is 2.35. The number of carbonyl (C=O) groups excluding carboxylic acids is 1. The Morgan fingerprint density at radius 2 is 2.38 bits per heavy atom. The monoisotopic (exact) mass is 112 g/mol. The average molecular weight is 112 g/mol. The maximum Gasteiger partial charge on any atom is 0.309 e. The maximum absolute atomic E-state index is 10.6. The van der Waals surface area contributed by atoms with Gasteiger partial charge in [0.1, 0.15) is 6.10 Å². The molecule has 0 spiro atoms. The van der Waals surface area contributed by atoms with E-state index in [-0.39, 0.29) is 11.9 Å². The molecule has 2 heteroatoms. The number of carbonyl (C=O) groups is 1. The summed E-state index contributed by atoms with van der Waals surface area (Å²) < 4.78 is 4.92. The van der Waals surface area contributed by atoms with Crippen LogP contribution in [0.2, 0.25) is 0 Å². The zero-order valence-electron chi connectivity index (χ0n) is 4.59. The molecule has 0 aromatic heterocycles. The molecule has 2 nitrogen and oxygen atoms in total. The highest BCUT2D eigenvalue weighted by atomic mass is 16.6. The first-order valence-electron chi connectivity index (χ1n) is 3.07. The molecule has 1 aliphatic heterocycles. The van der Waals surface area contributed by atoms with Gasteiger partial charge in [0, 0.05) is 0 Å². The molecule has 1 saturated heterocycles. The summed E-state index contributed by atoms with van der Waals surface area (Å²) in [5.74, 6) is 0.321. The van der Waals surface area contributed by atoms with Crippen LogP contribution in [0.5, 0.6) is 0 Å². The Bertz CT molecular complexity index is 130. The Hall–Kier alpha value is -0.530. The number of ether oxygens (including phenoxy) is 1. The van der Waals surface area contributed by atoms with Crippen LogP contribution in [0.4, 0.5) is 0 Å². The summed E-state index contributed by atoms with van der Waals surface area (Å²) in [5.41, 5.74) is 0. The standard InChI is InChI=1S/C6H8O2/c7-6-4-1-2-5(3-4)8-6/h4-5H,1-3H2/t4-,5+/m1/s1. The quantitative estimate of drug-likeness (QED) is 0.431. The van der Waals surface area contributed by atoms with Gasteiger partial charge in [0.2, 0.25) is 0 Å². The van der Waals surface area contributed by atoms with Gasteiger partial charge in [-0.05, 0) is 19.3 Å². The van der Waals surface area contributed by atoms with Crippen LogP contribution in [0.3, 0.4) is 0 Å². The predicted molar refractivity (Wildman–Crippen MR) is 27.2 cm³/mol. The van der Waals surface area contributed by atoms with Crippen LogP contribution in [0, 0.1) is 5.92 Å². The van der Waals surface area contributed by atoms with E-state index in [1.807, 2.05) is 0 Å². The zero-order chi connectivity index (χ0) is 5.56. The SMILES string of the molecule is O=C1O[C@H]2CC[C@@H]1C2. The summed E-state index contributed by atoms with van der Waals surface area (Å²) in [5, 5.41) is 0. The van der Waals surface area contributed by atoms with E-state index in [9.17, 15) is 4.79 Å². The Labute approximate surface area is 47.8 Å². The molecule has 2 bridgehead atoms. The molecule has 2 aliphatic rings. The smallest absolute Gasteiger partial charge is 0.309 e. The second kappa shape index (κ2) is 1.24. The lowest BCUT2D eigenvalue weighted by atomic mass is 10.1. The van der Waals surface area contributed by atoms with Crippen molar-refractivity contribution in [3.8, 4) is 0 Å². The van der Waals surface area contributed by atoms with Crippen molar-refractivity contribution < 1.29 is 9.53 Å². The lowest BCUT2D eigenvalue weighted by Gasteiger charge is -2.07. The molecule has 8 heavy (non-hydrogen) atoms. The molecule has 0 N–H and O–H groups in total. The topological polar surface area (TPSA) is 26.3 Å². The summed E-state index contributed by atoms with van der Waals surface area (Å²) >= 11 is 0. The summed E-state index contributed by atoms with van der Waals surface area (Å²) in [6.45, 7) is 0. The second-order valence-electron chi connectivity index (χ2n) is 2.57. The minimum Gasteiger partial charge on any atom is -0.462 e. The zero-order valence-corrected chi connectivity index (χ0v) is 4.59. The molecule has 0 aromatic carbocycles. The van der Waals surface area contributed by atoms with Crippen molar-refractivity contribution in [2.45, 2.75) is 25.4 Å². The molecular weight excluding hydrogens is 104 g/mol. The van der Waals surface area contributed by atoms with Crippen LogP contribution < -0.4 is 0 Å². The highest BCUT2D eigenvalue weighted by Gasteiger charge is 2.40. The molecule has 2 atom stereocenters. The molecule has 0 unspecified atom stereocenters.